The zero-order valence-corrected chi connectivity index (χ0v) is 10.7. The summed E-state index contributed by atoms with van der Waals surface area (Å²) in [6, 6.07) is 8.92. The Morgan fingerprint density at radius 1 is 1.38 bits per heavy atom. The van der Waals surface area contributed by atoms with Gasteiger partial charge in [-0.15, -0.1) is 0 Å². The van der Waals surface area contributed by atoms with Crippen molar-refractivity contribution < 1.29 is 0 Å². The van der Waals surface area contributed by atoms with Gasteiger partial charge >= 0.3 is 0 Å². The molecular formula is C13H18N2S. The molecule has 0 bridgehead atoms. The van der Waals surface area contributed by atoms with Gasteiger partial charge in [0, 0.05) is 18.3 Å². The van der Waals surface area contributed by atoms with Gasteiger partial charge in [-0.3, -0.25) is 0 Å². The topological polar surface area (TPSA) is 15.3 Å². The first-order chi connectivity index (χ1) is 7.68. The summed E-state index contributed by atoms with van der Waals surface area (Å²) in [6.07, 6.45) is 2.34. The first kappa shape index (κ1) is 11.4. The molecule has 0 saturated heterocycles. The standard InChI is InChI=1S/C13H18N2S/c1-10(2)14-13(16)15-9-5-7-11-6-3-4-8-12(11)15/h3-4,6,8,10H,5,7,9H2,1-2H3,(H,14,16). The maximum atomic E-state index is 5.44. The predicted molar refractivity (Wildman–Crippen MR) is 73.0 cm³/mol. The number of hydrogen-bond donors (Lipinski definition) is 1. The van der Waals surface area contributed by atoms with Crippen molar-refractivity contribution in [3.05, 3.63) is 29.8 Å². The number of nitrogens with zero attached hydrogens (tertiary/aromatic N) is 1. The lowest BCUT2D eigenvalue weighted by molar-refractivity contribution is 0.709. The van der Waals surface area contributed by atoms with Crippen molar-refractivity contribution in [1.82, 2.24) is 5.32 Å². The molecule has 0 fully saturated rings. The van der Waals surface area contributed by atoms with E-state index in [0.29, 0.717) is 6.04 Å². The van der Waals surface area contributed by atoms with Crippen LogP contribution in [0.5, 0.6) is 0 Å². The van der Waals surface area contributed by atoms with Crippen LogP contribution < -0.4 is 10.2 Å². The van der Waals surface area contributed by atoms with Crippen LogP contribution in [0, 0.1) is 0 Å². The Morgan fingerprint density at radius 2 is 2.12 bits per heavy atom. The van der Waals surface area contributed by atoms with Gasteiger partial charge in [0.05, 0.1) is 0 Å². The Bertz CT molecular complexity index is 387. The van der Waals surface area contributed by atoms with E-state index in [2.05, 4.69) is 48.3 Å². The predicted octanol–water partition coefficient (Wildman–Crippen LogP) is 2.72. The number of nitrogens with one attached hydrogen (secondary N) is 1. The van der Waals surface area contributed by atoms with Crippen LogP contribution in [0.2, 0.25) is 0 Å². The quantitative estimate of drug-likeness (QED) is 0.752. The lowest BCUT2D eigenvalue weighted by Crippen LogP contribution is -2.45. The van der Waals surface area contributed by atoms with E-state index in [-0.39, 0.29) is 0 Å². The van der Waals surface area contributed by atoms with Gasteiger partial charge in [0.25, 0.3) is 0 Å². The summed E-state index contributed by atoms with van der Waals surface area (Å²) in [7, 11) is 0. The molecule has 1 aliphatic rings. The molecule has 0 amide bonds. The molecule has 16 heavy (non-hydrogen) atoms. The van der Waals surface area contributed by atoms with Gasteiger partial charge in [-0.25, -0.2) is 0 Å². The van der Waals surface area contributed by atoms with E-state index < -0.39 is 0 Å². The molecule has 0 saturated carbocycles. The molecule has 1 aromatic rings. The molecule has 0 spiro atoms. The maximum Gasteiger partial charge on any atom is 0.173 e. The zero-order chi connectivity index (χ0) is 11.5. The van der Waals surface area contributed by atoms with Gasteiger partial charge in [-0.2, -0.15) is 0 Å². The Morgan fingerprint density at radius 3 is 2.88 bits per heavy atom. The van der Waals surface area contributed by atoms with Crippen LogP contribution in [0.1, 0.15) is 25.8 Å². The van der Waals surface area contributed by atoms with Gasteiger partial charge in [0.1, 0.15) is 0 Å². The molecule has 3 heteroatoms. The molecule has 1 aromatic carbocycles. The number of rotatable bonds is 1. The molecule has 0 unspecified atom stereocenters. The van der Waals surface area contributed by atoms with Crippen LogP contribution in [-0.2, 0) is 6.42 Å². The van der Waals surface area contributed by atoms with Crippen molar-refractivity contribution in [1.29, 1.82) is 0 Å². The lowest BCUT2D eigenvalue weighted by Gasteiger charge is -2.32. The number of thiocarbonyl (C=S) groups is 1. The van der Waals surface area contributed by atoms with E-state index in [1.54, 1.807) is 0 Å². The minimum absolute atomic E-state index is 0.390. The normalized spacial score (nSPS) is 14.8. The summed E-state index contributed by atoms with van der Waals surface area (Å²) in [5.74, 6) is 0. The SMILES string of the molecule is CC(C)NC(=S)N1CCCc2ccccc21. The molecule has 0 aliphatic carbocycles. The minimum atomic E-state index is 0.390. The highest BCUT2D eigenvalue weighted by atomic mass is 32.1. The second kappa shape index (κ2) is 4.83. The van der Waals surface area contributed by atoms with Crippen LogP contribution in [0.15, 0.2) is 24.3 Å². The van der Waals surface area contributed by atoms with E-state index in [9.17, 15) is 0 Å². The summed E-state index contributed by atoms with van der Waals surface area (Å²) < 4.78 is 0. The average Bonchev–Trinajstić information content (AvgIpc) is 2.27. The van der Waals surface area contributed by atoms with Gasteiger partial charge in [0.2, 0.25) is 0 Å². The van der Waals surface area contributed by atoms with Crippen molar-refractivity contribution in [2.75, 3.05) is 11.4 Å². The first-order valence-electron chi connectivity index (χ1n) is 5.84. The summed E-state index contributed by atoms with van der Waals surface area (Å²) in [6.45, 7) is 5.25. The minimum Gasteiger partial charge on any atom is -0.360 e. The van der Waals surface area contributed by atoms with E-state index in [1.165, 1.54) is 17.7 Å². The number of para-hydroxylation sites is 1. The third kappa shape index (κ3) is 2.35. The molecule has 1 heterocycles. The van der Waals surface area contributed by atoms with E-state index in [0.717, 1.165) is 18.1 Å². The highest BCUT2D eigenvalue weighted by Crippen LogP contribution is 2.26. The molecule has 2 nitrogen and oxygen atoms in total. The van der Waals surface area contributed by atoms with Crippen LogP contribution in [0.4, 0.5) is 5.69 Å². The Labute approximate surface area is 103 Å². The van der Waals surface area contributed by atoms with Crippen molar-refractivity contribution in [2.45, 2.75) is 32.7 Å². The first-order valence-corrected chi connectivity index (χ1v) is 6.25. The molecular weight excluding hydrogens is 216 g/mol. The van der Waals surface area contributed by atoms with Crippen LogP contribution >= 0.6 is 12.2 Å². The molecule has 0 radical (unpaired) electrons. The fourth-order valence-electron chi connectivity index (χ4n) is 2.07. The molecule has 1 aliphatic heterocycles. The Balaban J connectivity index is 2.21. The van der Waals surface area contributed by atoms with E-state index in [1.807, 2.05) is 0 Å². The van der Waals surface area contributed by atoms with Gasteiger partial charge in [0.15, 0.2) is 5.11 Å². The highest BCUT2D eigenvalue weighted by molar-refractivity contribution is 7.80. The van der Waals surface area contributed by atoms with Crippen molar-refractivity contribution >= 4 is 23.0 Å². The van der Waals surface area contributed by atoms with Crippen LogP contribution in [0.25, 0.3) is 0 Å². The summed E-state index contributed by atoms with van der Waals surface area (Å²) in [4.78, 5) is 2.22. The van der Waals surface area contributed by atoms with Gasteiger partial charge in [-0.05, 0) is 50.5 Å². The maximum absolute atomic E-state index is 5.44. The van der Waals surface area contributed by atoms with Crippen molar-refractivity contribution in [2.24, 2.45) is 0 Å². The summed E-state index contributed by atoms with van der Waals surface area (Å²) in [5.41, 5.74) is 2.67. The molecule has 2 rings (SSSR count). The van der Waals surface area contributed by atoms with E-state index >= 15 is 0 Å². The van der Waals surface area contributed by atoms with E-state index in [4.69, 9.17) is 12.2 Å². The molecule has 0 aromatic heterocycles. The van der Waals surface area contributed by atoms with Crippen LogP contribution in [0.3, 0.4) is 0 Å². The second-order valence-electron chi connectivity index (χ2n) is 4.49. The van der Waals surface area contributed by atoms with Crippen LogP contribution in [-0.4, -0.2) is 17.7 Å². The smallest absolute Gasteiger partial charge is 0.173 e. The van der Waals surface area contributed by atoms with Crippen molar-refractivity contribution in [3.63, 3.8) is 0 Å². The molecule has 0 atom stereocenters. The fraction of sp³-hybridized carbons (Fsp3) is 0.462. The highest BCUT2D eigenvalue weighted by Gasteiger charge is 2.19. The molecule has 1 N–H and O–H groups in total. The number of anilines is 1. The fourth-order valence-corrected chi connectivity index (χ4v) is 2.49. The largest absolute Gasteiger partial charge is 0.360 e. The third-order valence-corrected chi connectivity index (χ3v) is 3.11. The van der Waals surface area contributed by atoms with Gasteiger partial charge < -0.3 is 10.2 Å². The Kier molecular flexibility index (Phi) is 3.44. The van der Waals surface area contributed by atoms with Crippen molar-refractivity contribution in [3.8, 4) is 0 Å². The zero-order valence-electron chi connectivity index (χ0n) is 9.86. The average molecular weight is 234 g/mol. The summed E-state index contributed by atoms with van der Waals surface area (Å²) >= 11 is 5.44. The third-order valence-electron chi connectivity index (χ3n) is 2.77. The number of hydrogen-bond acceptors (Lipinski definition) is 1. The Hall–Kier alpha value is -1.09. The second-order valence-corrected chi connectivity index (χ2v) is 4.87. The number of aryl methyl sites for hydroxylation is 1. The number of benzene rings is 1. The lowest BCUT2D eigenvalue weighted by atomic mass is 10.0. The summed E-state index contributed by atoms with van der Waals surface area (Å²) in [5, 5.41) is 4.16. The number of fused-ring (bicyclic) bond motifs is 1. The monoisotopic (exact) mass is 234 g/mol. The van der Waals surface area contributed by atoms with Gasteiger partial charge in [-0.1, -0.05) is 18.2 Å². The molecule has 86 valence electrons.